The van der Waals surface area contributed by atoms with Crippen LogP contribution < -0.4 is 25.2 Å². The summed E-state index contributed by atoms with van der Waals surface area (Å²) >= 11 is 1.49. The molecule has 0 radical (unpaired) electrons. The normalized spacial score (nSPS) is 26.6. The maximum absolute atomic E-state index is 14.0. The summed E-state index contributed by atoms with van der Waals surface area (Å²) in [5.41, 5.74) is 3.88. The lowest BCUT2D eigenvalue weighted by Gasteiger charge is -2.47. The second-order valence-corrected chi connectivity index (χ2v) is 15.7. The molecule has 11 nitrogen and oxygen atoms in total. The number of amides is 1. The van der Waals surface area contributed by atoms with Crippen molar-refractivity contribution in [3.63, 3.8) is 0 Å². The van der Waals surface area contributed by atoms with E-state index in [4.69, 9.17) is 23.9 Å². The van der Waals surface area contributed by atoms with Crippen molar-refractivity contribution in [3.8, 4) is 22.6 Å². The fourth-order valence-corrected chi connectivity index (χ4v) is 8.99. The summed E-state index contributed by atoms with van der Waals surface area (Å²) in [7, 11) is 1.79. The number of benzene rings is 1. The maximum Gasteiger partial charge on any atom is 0.254 e. The molecule has 0 spiro atoms. The summed E-state index contributed by atoms with van der Waals surface area (Å²) in [4.78, 5) is 40.2. The number of rotatable bonds is 9. The first-order valence-electron chi connectivity index (χ1n) is 18.2. The van der Waals surface area contributed by atoms with Gasteiger partial charge in [-0.05, 0) is 83.9 Å². The van der Waals surface area contributed by atoms with Crippen molar-refractivity contribution < 1.29 is 23.7 Å². The van der Waals surface area contributed by atoms with Crippen molar-refractivity contribution in [2.75, 3.05) is 44.4 Å². The number of fused-ring (bicyclic) bond motifs is 1. The van der Waals surface area contributed by atoms with Gasteiger partial charge in [-0.15, -0.1) is 11.8 Å². The molecule has 1 amide bonds. The van der Waals surface area contributed by atoms with Crippen molar-refractivity contribution in [2.45, 2.75) is 102 Å². The van der Waals surface area contributed by atoms with Crippen LogP contribution >= 0.6 is 11.8 Å². The lowest BCUT2D eigenvalue weighted by Crippen LogP contribution is -2.57. The number of aromatic amines is 1. The number of pyridine rings is 2. The number of carbonyl (C=O) groups excluding carboxylic acids is 1. The Kier molecular flexibility index (Phi) is 10.1. The number of aromatic nitrogens is 2. The average Bonchev–Trinajstić information content (AvgIpc) is 3.46. The van der Waals surface area contributed by atoms with Gasteiger partial charge in [0.15, 0.2) is 11.5 Å². The zero-order chi connectivity index (χ0) is 36.0. The lowest BCUT2D eigenvalue weighted by atomic mass is 9.80. The second kappa shape index (κ2) is 14.4. The Morgan fingerprint density at radius 3 is 2.41 bits per heavy atom. The van der Waals surface area contributed by atoms with Crippen molar-refractivity contribution in [1.29, 1.82) is 0 Å². The SMILES string of the molecule is COC1CN(C2CCC(C3(C)Oc4c(-c5ccc(N6C[C@@H](C)O[C@@H](C)C6)nc5)cc(C(=O)NCc5c(SC)cc(C)[nH]c5=O)c(C)c4O3)CC2)C1. The summed E-state index contributed by atoms with van der Waals surface area (Å²) in [5.74, 6) is 1.14. The van der Waals surface area contributed by atoms with Crippen LogP contribution in [0.5, 0.6) is 11.5 Å². The van der Waals surface area contributed by atoms with Gasteiger partial charge >= 0.3 is 0 Å². The highest BCUT2D eigenvalue weighted by atomic mass is 32.2. The van der Waals surface area contributed by atoms with Gasteiger partial charge in [0.25, 0.3) is 17.3 Å². The smallest absolute Gasteiger partial charge is 0.254 e. The van der Waals surface area contributed by atoms with Crippen LogP contribution in [0.3, 0.4) is 0 Å². The molecule has 1 aliphatic carbocycles. The van der Waals surface area contributed by atoms with Gasteiger partial charge in [-0.25, -0.2) is 4.98 Å². The minimum atomic E-state index is -0.873. The average molecular weight is 718 g/mol. The number of hydrogen-bond donors (Lipinski definition) is 2. The fourth-order valence-electron chi connectivity index (χ4n) is 8.28. The van der Waals surface area contributed by atoms with E-state index in [1.54, 1.807) is 7.11 Å². The first-order valence-corrected chi connectivity index (χ1v) is 19.4. The summed E-state index contributed by atoms with van der Waals surface area (Å²) < 4.78 is 25.2. The Balaban J connectivity index is 1.17. The summed E-state index contributed by atoms with van der Waals surface area (Å²) in [6, 6.07) is 8.44. The molecule has 12 heteroatoms. The molecule has 5 heterocycles. The van der Waals surface area contributed by atoms with Gasteiger partial charge in [0.2, 0.25) is 0 Å². The topological polar surface area (TPSA) is 118 Å². The fraction of sp³-hybridized carbons (Fsp3) is 0.564. The predicted molar refractivity (Wildman–Crippen MR) is 199 cm³/mol. The van der Waals surface area contributed by atoms with E-state index in [2.05, 4.69) is 33.9 Å². The Morgan fingerprint density at radius 1 is 1.06 bits per heavy atom. The number of nitrogens with zero attached hydrogens (tertiary/aromatic N) is 3. The van der Waals surface area contributed by atoms with Gasteiger partial charge < -0.3 is 34.1 Å². The molecule has 2 N–H and O–H groups in total. The van der Waals surface area contributed by atoms with E-state index in [1.807, 2.05) is 57.5 Å². The molecule has 51 heavy (non-hydrogen) atoms. The number of ether oxygens (including phenoxy) is 4. The number of carbonyl (C=O) groups is 1. The number of methoxy groups -OCH3 is 1. The Hall–Kier alpha value is -3.58. The number of thioether (sulfide) groups is 1. The van der Waals surface area contributed by atoms with E-state index in [0.717, 1.165) is 79.4 Å². The zero-order valence-electron chi connectivity index (χ0n) is 30.8. The number of nitrogens with one attached hydrogen (secondary N) is 2. The van der Waals surface area contributed by atoms with E-state index < -0.39 is 5.79 Å². The summed E-state index contributed by atoms with van der Waals surface area (Å²) in [6.45, 7) is 13.6. The first-order chi connectivity index (χ1) is 24.5. The number of H-pyrrole nitrogens is 1. The molecule has 2 aromatic heterocycles. The molecule has 1 aromatic carbocycles. The van der Waals surface area contributed by atoms with Crippen LogP contribution in [0.1, 0.15) is 73.6 Å². The number of morpholine rings is 1. The quantitative estimate of drug-likeness (QED) is 0.267. The van der Waals surface area contributed by atoms with Crippen LogP contribution in [0.15, 0.2) is 40.2 Å². The number of anilines is 1. The highest BCUT2D eigenvalue weighted by Crippen LogP contribution is 2.53. The zero-order valence-corrected chi connectivity index (χ0v) is 31.7. The highest BCUT2D eigenvalue weighted by Gasteiger charge is 2.48. The lowest BCUT2D eigenvalue weighted by molar-refractivity contribution is -0.130. The molecular formula is C39H51N5O6S. The Bertz CT molecular complexity index is 1810. The van der Waals surface area contributed by atoms with E-state index in [9.17, 15) is 9.59 Å². The predicted octanol–water partition coefficient (Wildman–Crippen LogP) is 5.70. The van der Waals surface area contributed by atoms with E-state index in [1.165, 1.54) is 11.8 Å². The van der Waals surface area contributed by atoms with Crippen LogP contribution in [0.2, 0.25) is 0 Å². The minimum absolute atomic E-state index is 0.101. The number of aryl methyl sites for hydroxylation is 1. The Morgan fingerprint density at radius 2 is 1.76 bits per heavy atom. The van der Waals surface area contributed by atoms with Crippen LogP contribution in [-0.4, -0.2) is 90.5 Å². The Labute approximate surface area is 304 Å². The molecular weight excluding hydrogens is 667 g/mol. The first kappa shape index (κ1) is 35.8. The van der Waals surface area contributed by atoms with Crippen molar-refractivity contribution in [3.05, 3.63) is 63.2 Å². The van der Waals surface area contributed by atoms with Gasteiger partial charge in [-0.3, -0.25) is 14.5 Å². The van der Waals surface area contributed by atoms with E-state index in [0.29, 0.717) is 40.3 Å². The van der Waals surface area contributed by atoms with Gasteiger partial charge in [0.1, 0.15) is 5.82 Å². The molecule has 7 rings (SSSR count). The third kappa shape index (κ3) is 7.12. The van der Waals surface area contributed by atoms with Gasteiger partial charge in [-0.2, -0.15) is 0 Å². The van der Waals surface area contributed by atoms with Crippen LogP contribution in [-0.2, 0) is 16.0 Å². The maximum atomic E-state index is 14.0. The number of likely N-dealkylation sites (tertiary alicyclic amines) is 1. The number of hydrogen-bond acceptors (Lipinski definition) is 10. The van der Waals surface area contributed by atoms with Crippen molar-refractivity contribution in [2.24, 2.45) is 5.92 Å². The van der Waals surface area contributed by atoms with Crippen molar-refractivity contribution >= 4 is 23.5 Å². The van der Waals surface area contributed by atoms with Gasteiger partial charge in [0, 0.05) is 103 Å². The highest BCUT2D eigenvalue weighted by molar-refractivity contribution is 7.98. The van der Waals surface area contributed by atoms with Gasteiger partial charge in [-0.1, -0.05) is 0 Å². The molecule has 3 aliphatic heterocycles. The molecule has 1 unspecified atom stereocenters. The van der Waals surface area contributed by atoms with E-state index in [-0.39, 0.29) is 36.1 Å². The summed E-state index contributed by atoms with van der Waals surface area (Å²) in [6.07, 6.45) is 8.50. The van der Waals surface area contributed by atoms with Crippen LogP contribution in [0.25, 0.3) is 11.1 Å². The largest absolute Gasteiger partial charge is 0.448 e. The van der Waals surface area contributed by atoms with Crippen LogP contribution in [0.4, 0.5) is 5.82 Å². The third-order valence-electron chi connectivity index (χ3n) is 11.2. The third-order valence-corrected chi connectivity index (χ3v) is 12.0. The molecule has 3 atom stereocenters. The molecule has 274 valence electrons. The molecule has 3 aromatic rings. The van der Waals surface area contributed by atoms with Crippen LogP contribution in [0, 0.1) is 19.8 Å². The molecule has 0 bridgehead atoms. The molecule has 2 saturated heterocycles. The summed E-state index contributed by atoms with van der Waals surface area (Å²) in [5, 5.41) is 3.02. The monoisotopic (exact) mass is 717 g/mol. The molecule has 4 aliphatic rings. The molecule has 3 fully saturated rings. The molecule has 1 saturated carbocycles. The standard InChI is InChI=1S/C39H51N5O6S/c1-22-14-33(51-7)32(38(46)42-22)17-41-37(45)30-15-31(26-8-13-34(40-16-26)44-18-23(2)48-24(3)19-44)36-35(25(30)4)49-39(5,50-36)27-9-11-28(12-10-27)43-20-29(21-43)47-6/h8,13-16,23-24,27-29H,9-12,17-21H2,1-7H3,(H,41,45)(H,42,46)/t23-,24+,27?,28?,39?. The van der Waals surface area contributed by atoms with Gasteiger partial charge in [0.05, 0.1) is 18.3 Å². The van der Waals surface area contributed by atoms with E-state index >= 15 is 0 Å². The minimum Gasteiger partial charge on any atom is -0.448 e. The van der Waals surface area contributed by atoms with Crippen molar-refractivity contribution in [1.82, 2.24) is 20.2 Å². The second-order valence-electron chi connectivity index (χ2n) is 14.9.